The van der Waals surface area contributed by atoms with Crippen molar-refractivity contribution in [2.75, 3.05) is 0 Å². The molecule has 0 fully saturated rings. The zero-order valence-electron chi connectivity index (χ0n) is 14.2. The average molecular weight is 369 g/mol. The highest BCUT2D eigenvalue weighted by molar-refractivity contribution is 6.32. The van der Waals surface area contributed by atoms with Gasteiger partial charge in [-0.3, -0.25) is 4.98 Å². The highest BCUT2D eigenvalue weighted by Gasteiger charge is 2.21. The lowest BCUT2D eigenvalue weighted by Crippen LogP contribution is -2.05. The van der Waals surface area contributed by atoms with Gasteiger partial charge in [-0.05, 0) is 48.7 Å². The zero-order valence-corrected chi connectivity index (χ0v) is 15.7. The molecule has 0 aliphatic heterocycles. The molecule has 0 bridgehead atoms. The molecule has 126 valence electrons. The molecule has 0 spiro atoms. The highest BCUT2D eigenvalue weighted by atomic mass is 35.5. The van der Waals surface area contributed by atoms with Gasteiger partial charge < -0.3 is 0 Å². The molecule has 1 heterocycles. The van der Waals surface area contributed by atoms with Gasteiger partial charge in [0.1, 0.15) is 6.07 Å². The van der Waals surface area contributed by atoms with Crippen molar-refractivity contribution in [3.05, 3.63) is 63.8 Å². The monoisotopic (exact) mass is 368 g/mol. The summed E-state index contributed by atoms with van der Waals surface area (Å²) in [5.41, 5.74) is 4.09. The maximum Gasteiger partial charge on any atom is 0.102 e. The van der Waals surface area contributed by atoms with Crippen LogP contribution in [0.15, 0.2) is 42.5 Å². The Labute approximate surface area is 158 Å². The number of halogens is 2. The molecule has 0 saturated carbocycles. The Bertz CT molecular complexity index is 970. The molecule has 25 heavy (non-hydrogen) atoms. The maximum atomic E-state index is 9.94. The Balaban J connectivity index is 2.46. The molecule has 2 nitrogen and oxygen atoms in total. The molecular weight excluding hydrogens is 351 g/mol. The van der Waals surface area contributed by atoms with Crippen LogP contribution < -0.4 is 0 Å². The number of nitriles is 1. The van der Waals surface area contributed by atoms with E-state index in [1.54, 1.807) is 0 Å². The third-order valence-corrected chi connectivity index (χ3v) is 5.04. The SMILES string of the molecule is CCC(CC)c1nc2ccc(Cl)cc2c(-c2cccc(Cl)c2)c1C#N. The second kappa shape index (κ2) is 7.44. The fraction of sp³-hybridized carbons (Fsp3) is 0.238. The number of fused-ring (bicyclic) bond motifs is 1. The minimum atomic E-state index is 0.243. The second-order valence-corrected chi connectivity index (χ2v) is 6.92. The Kier molecular flexibility index (Phi) is 5.27. The van der Waals surface area contributed by atoms with Crippen LogP contribution in [0.2, 0.25) is 10.0 Å². The average Bonchev–Trinajstić information content (AvgIpc) is 2.61. The van der Waals surface area contributed by atoms with Gasteiger partial charge in [0.25, 0.3) is 0 Å². The number of nitrogens with zero attached hydrogens (tertiary/aromatic N) is 2. The van der Waals surface area contributed by atoms with Gasteiger partial charge in [-0.15, -0.1) is 0 Å². The number of hydrogen-bond donors (Lipinski definition) is 0. The van der Waals surface area contributed by atoms with E-state index in [2.05, 4.69) is 19.9 Å². The minimum absolute atomic E-state index is 0.243. The molecule has 0 aliphatic rings. The van der Waals surface area contributed by atoms with Gasteiger partial charge in [-0.1, -0.05) is 49.2 Å². The number of pyridine rings is 1. The Morgan fingerprint density at radius 2 is 1.76 bits per heavy atom. The molecule has 0 atom stereocenters. The highest BCUT2D eigenvalue weighted by Crippen LogP contribution is 2.38. The van der Waals surface area contributed by atoms with E-state index in [4.69, 9.17) is 28.2 Å². The van der Waals surface area contributed by atoms with Crippen LogP contribution >= 0.6 is 23.2 Å². The van der Waals surface area contributed by atoms with E-state index in [9.17, 15) is 5.26 Å². The third kappa shape index (κ3) is 3.35. The molecule has 4 heteroatoms. The zero-order chi connectivity index (χ0) is 18.0. The van der Waals surface area contributed by atoms with E-state index >= 15 is 0 Å². The first-order chi connectivity index (χ1) is 12.1. The molecule has 0 N–H and O–H groups in total. The summed E-state index contributed by atoms with van der Waals surface area (Å²) in [6, 6.07) is 15.6. The number of aromatic nitrogens is 1. The van der Waals surface area contributed by atoms with E-state index < -0.39 is 0 Å². The van der Waals surface area contributed by atoms with Crippen LogP contribution in [-0.2, 0) is 0 Å². The summed E-state index contributed by atoms with van der Waals surface area (Å²) in [4.78, 5) is 4.82. The molecule has 0 saturated heterocycles. The van der Waals surface area contributed by atoms with Crippen molar-refractivity contribution in [2.45, 2.75) is 32.6 Å². The van der Waals surface area contributed by atoms with Gasteiger partial charge in [0.15, 0.2) is 0 Å². The number of benzene rings is 2. The van der Waals surface area contributed by atoms with E-state index in [1.165, 1.54) is 0 Å². The fourth-order valence-electron chi connectivity index (χ4n) is 3.28. The van der Waals surface area contributed by atoms with Crippen LogP contribution in [-0.4, -0.2) is 4.98 Å². The minimum Gasteiger partial charge on any atom is -0.251 e. The lowest BCUT2D eigenvalue weighted by atomic mass is 9.88. The van der Waals surface area contributed by atoms with Crippen molar-refractivity contribution in [1.29, 1.82) is 5.26 Å². The molecule has 0 amide bonds. The quantitative estimate of drug-likeness (QED) is 0.497. The number of hydrogen-bond acceptors (Lipinski definition) is 2. The van der Waals surface area contributed by atoms with Gasteiger partial charge in [0.05, 0.1) is 16.8 Å². The van der Waals surface area contributed by atoms with E-state index in [-0.39, 0.29) is 5.92 Å². The Hall–Kier alpha value is -2.08. The van der Waals surface area contributed by atoms with Crippen LogP contribution in [0, 0.1) is 11.3 Å². The van der Waals surface area contributed by atoms with Crippen molar-refractivity contribution in [2.24, 2.45) is 0 Å². The van der Waals surface area contributed by atoms with E-state index in [0.717, 1.165) is 40.6 Å². The summed E-state index contributed by atoms with van der Waals surface area (Å²) in [6.07, 6.45) is 1.87. The van der Waals surface area contributed by atoms with E-state index in [1.807, 2.05) is 42.5 Å². The van der Waals surface area contributed by atoms with Crippen molar-refractivity contribution in [3.63, 3.8) is 0 Å². The normalized spacial score (nSPS) is 11.0. The fourth-order valence-corrected chi connectivity index (χ4v) is 3.64. The summed E-state index contributed by atoms with van der Waals surface area (Å²) in [5, 5.41) is 12.1. The first-order valence-electron chi connectivity index (χ1n) is 8.38. The molecular formula is C21H18Cl2N2. The smallest absolute Gasteiger partial charge is 0.102 e. The van der Waals surface area contributed by atoms with Crippen LogP contribution in [0.1, 0.15) is 43.9 Å². The maximum absolute atomic E-state index is 9.94. The van der Waals surface area contributed by atoms with Crippen LogP contribution in [0.25, 0.3) is 22.0 Å². The van der Waals surface area contributed by atoms with Gasteiger partial charge in [-0.25, -0.2) is 0 Å². The van der Waals surface area contributed by atoms with Crippen molar-refractivity contribution in [1.82, 2.24) is 4.98 Å². The van der Waals surface area contributed by atoms with Crippen molar-refractivity contribution >= 4 is 34.1 Å². The standard InChI is InChI=1S/C21H18Cl2N2/c1-3-13(4-2)21-18(12-24)20(14-6-5-7-15(22)10-14)17-11-16(23)8-9-19(17)25-21/h5-11,13H,3-4H2,1-2H3. The molecule has 1 aromatic heterocycles. The molecule has 2 aromatic carbocycles. The predicted octanol–water partition coefficient (Wildman–Crippen LogP) is 6.98. The molecule has 3 rings (SSSR count). The largest absolute Gasteiger partial charge is 0.251 e. The predicted molar refractivity (Wildman–Crippen MR) is 105 cm³/mol. The molecule has 0 radical (unpaired) electrons. The van der Waals surface area contributed by atoms with Crippen LogP contribution in [0.3, 0.4) is 0 Å². The Morgan fingerprint density at radius 1 is 1.04 bits per heavy atom. The summed E-state index contributed by atoms with van der Waals surface area (Å²) in [6.45, 7) is 4.25. The first kappa shape index (κ1) is 17.7. The van der Waals surface area contributed by atoms with Crippen LogP contribution in [0.4, 0.5) is 0 Å². The third-order valence-electron chi connectivity index (χ3n) is 4.57. The lowest BCUT2D eigenvalue weighted by molar-refractivity contribution is 0.624. The molecule has 0 unspecified atom stereocenters. The topological polar surface area (TPSA) is 36.7 Å². The summed E-state index contributed by atoms with van der Waals surface area (Å²) >= 11 is 12.4. The van der Waals surface area contributed by atoms with Crippen molar-refractivity contribution in [3.8, 4) is 17.2 Å². The van der Waals surface area contributed by atoms with Gasteiger partial charge >= 0.3 is 0 Å². The summed E-state index contributed by atoms with van der Waals surface area (Å²) in [7, 11) is 0. The molecule has 0 aliphatic carbocycles. The molecule has 3 aromatic rings. The van der Waals surface area contributed by atoms with Crippen LogP contribution in [0.5, 0.6) is 0 Å². The Morgan fingerprint density at radius 3 is 2.40 bits per heavy atom. The second-order valence-electron chi connectivity index (χ2n) is 6.04. The van der Waals surface area contributed by atoms with Gasteiger partial charge in [0, 0.05) is 26.9 Å². The van der Waals surface area contributed by atoms with E-state index in [0.29, 0.717) is 15.6 Å². The lowest BCUT2D eigenvalue weighted by Gasteiger charge is -2.18. The summed E-state index contributed by atoms with van der Waals surface area (Å²) < 4.78 is 0. The summed E-state index contributed by atoms with van der Waals surface area (Å²) in [5.74, 6) is 0.243. The van der Waals surface area contributed by atoms with Crippen molar-refractivity contribution < 1.29 is 0 Å². The van der Waals surface area contributed by atoms with Gasteiger partial charge in [-0.2, -0.15) is 5.26 Å². The number of rotatable bonds is 4. The van der Waals surface area contributed by atoms with Gasteiger partial charge in [0.2, 0.25) is 0 Å². The first-order valence-corrected chi connectivity index (χ1v) is 9.13.